The van der Waals surface area contributed by atoms with Gasteiger partial charge < -0.3 is 10.2 Å². The number of fused-ring (bicyclic) bond motifs is 5. The lowest BCUT2D eigenvalue weighted by atomic mass is 9.93. The van der Waals surface area contributed by atoms with Crippen molar-refractivity contribution in [3.05, 3.63) is 34.9 Å². The Morgan fingerprint density at radius 1 is 1.20 bits per heavy atom. The van der Waals surface area contributed by atoms with Gasteiger partial charge in [-0.15, -0.1) is 0 Å². The number of benzene rings is 1. The Hall–Kier alpha value is -1.95. The lowest BCUT2D eigenvalue weighted by molar-refractivity contribution is 0.397. The van der Waals surface area contributed by atoms with E-state index in [4.69, 9.17) is 5.26 Å². The van der Waals surface area contributed by atoms with E-state index in [1.807, 2.05) is 6.07 Å². The van der Waals surface area contributed by atoms with Gasteiger partial charge in [0.2, 0.25) is 0 Å². The third-order valence-corrected chi connectivity index (χ3v) is 3.32. The van der Waals surface area contributed by atoms with Gasteiger partial charge in [-0.25, -0.2) is 0 Å². The van der Waals surface area contributed by atoms with Gasteiger partial charge in [0.15, 0.2) is 11.5 Å². The molecular formula is C12H9NO2. The van der Waals surface area contributed by atoms with E-state index in [-0.39, 0.29) is 23.0 Å². The fraction of sp³-hybridized carbons (Fsp3) is 0.250. The van der Waals surface area contributed by atoms with Crippen LogP contribution in [0, 0.1) is 11.3 Å². The van der Waals surface area contributed by atoms with Gasteiger partial charge in [-0.1, -0.05) is 12.2 Å². The van der Waals surface area contributed by atoms with Crippen LogP contribution in [-0.2, 0) is 0 Å². The number of rotatable bonds is 0. The molecule has 2 atom stereocenters. The van der Waals surface area contributed by atoms with Gasteiger partial charge in [0, 0.05) is 17.4 Å². The van der Waals surface area contributed by atoms with E-state index >= 15 is 0 Å². The Kier molecular flexibility index (Phi) is 1.42. The first-order valence-electron chi connectivity index (χ1n) is 4.89. The van der Waals surface area contributed by atoms with E-state index in [9.17, 15) is 10.2 Å². The molecule has 3 heteroatoms. The summed E-state index contributed by atoms with van der Waals surface area (Å²) in [6.07, 6.45) is 5.11. The molecule has 2 aliphatic carbocycles. The third kappa shape index (κ3) is 0.887. The number of aromatic hydroxyl groups is 2. The molecule has 0 saturated carbocycles. The first-order valence-corrected chi connectivity index (χ1v) is 4.89. The lowest BCUT2D eigenvalue weighted by Gasteiger charge is -2.13. The highest BCUT2D eigenvalue weighted by Crippen LogP contribution is 2.54. The Morgan fingerprint density at radius 2 is 1.93 bits per heavy atom. The Labute approximate surface area is 86.9 Å². The van der Waals surface area contributed by atoms with Crippen molar-refractivity contribution in [1.82, 2.24) is 0 Å². The van der Waals surface area contributed by atoms with Crippen LogP contribution in [0.15, 0.2) is 18.2 Å². The van der Waals surface area contributed by atoms with Gasteiger partial charge in [0.1, 0.15) is 6.07 Å². The molecule has 0 radical (unpaired) electrons. The summed E-state index contributed by atoms with van der Waals surface area (Å²) in [7, 11) is 0. The van der Waals surface area contributed by atoms with Crippen molar-refractivity contribution in [3.8, 4) is 17.6 Å². The molecule has 0 heterocycles. The van der Waals surface area contributed by atoms with Crippen molar-refractivity contribution in [2.75, 3.05) is 0 Å². The first-order chi connectivity index (χ1) is 7.22. The fourth-order valence-electron chi connectivity index (χ4n) is 2.62. The van der Waals surface area contributed by atoms with E-state index in [1.54, 1.807) is 6.07 Å². The largest absolute Gasteiger partial charge is 0.504 e. The van der Waals surface area contributed by atoms with Crippen LogP contribution in [0.4, 0.5) is 0 Å². The van der Waals surface area contributed by atoms with Crippen LogP contribution >= 0.6 is 0 Å². The molecule has 0 aromatic heterocycles. The normalized spacial score (nSPS) is 25.3. The topological polar surface area (TPSA) is 64.2 Å². The molecule has 2 unspecified atom stereocenters. The number of phenolic OH excluding ortho intramolecular Hbond substituents is 2. The van der Waals surface area contributed by atoms with Crippen molar-refractivity contribution >= 4 is 0 Å². The Bertz CT molecular complexity index is 525. The highest BCUT2D eigenvalue weighted by molar-refractivity contribution is 5.64. The third-order valence-electron chi connectivity index (χ3n) is 3.32. The van der Waals surface area contributed by atoms with Crippen LogP contribution < -0.4 is 0 Å². The van der Waals surface area contributed by atoms with E-state index in [0.717, 1.165) is 17.5 Å². The summed E-state index contributed by atoms with van der Waals surface area (Å²) >= 11 is 0. The van der Waals surface area contributed by atoms with Gasteiger partial charge >= 0.3 is 0 Å². The summed E-state index contributed by atoms with van der Waals surface area (Å²) in [5.41, 5.74) is 1.96. The molecule has 1 aromatic carbocycles. The average molecular weight is 199 g/mol. The average Bonchev–Trinajstić information content (AvgIpc) is 2.83. The van der Waals surface area contributed by atoms with Crippen LogP contribution in [-0.4, -0.2) is 10.2 Å². The number of hydrogen-bond donors (Lipinski definition) is 2. The minimum Gasteiger partial charge on any atom is -0.504 e. The molecule has 0 saturated heterocycles. The van der Waals surface area contributed by atoms with Crippen LogP contribution in [0.2, 0.25) is 0 Å². The van der Waals surface area contributed by atoms with Gasteiger partial charge in [0.25, 0.3) is 0 Å². The number of allylic oxidation sites excluding steroid dienone is 2. The molecule has 1 aromatic rings. The molecule has 0 spiro atoms. The maximum Gasteiger partial charge on any atom is 0.175 e. The molecule has 3 nitrogen and oxygen atoms in total. The quantitative estimate of drug-likeness (QED) is 0.496. The number of hydrogen-bond acceptors (Lipinski definition) is 3. The smallest absolute Gasteiger partial charge is 0.175 e. The number of nitrogens with zero attached hydrogens (tertiary/aromatic N) is 1. The summed E-state index contributed by atoms with van der Waals surface area (Å²) in [6, 6.07) is 3.58. The van der Waals surface area contributed by atoms with Gasteiger partial charge in [0.05, 0.1) is 5.56 Å². The van der Waals surface area contributed by atoms with Crippen LogP contribution in [0.1, 0.15) is 34.9 Å². The van der Waals surface area contributed by atoms with E-state index in [0.29, 0.717) is 5.92 Å². The summed E-state index contributed by atoms with van der Waals surface area (Å²) < 4.78 is 0. The molecule has 3 rings (SSSR count). The lowest BCUT2D eigenvalue weighted by Crippen LogP contribution is -1.95. The minimum atomic E-state index is -0.280. The van der Waals surface area contributed by atoms with Crippen molar-refractivity contribution < 1.29 is 10.2 Å². The zero-order chi connectivity index (χ0) is 10.6. The molecule has 0 aliphatic heterocycles. The summed E-state index contributed by atoms with van der Waals surface area (Å²) in [4.78, 5) is 0. The molecule has 2 bridgehead atoms. The minimum absolute atomic E-state index is 0.110. The van der Waals surface area contributed by atoms with E-state index in [2.05, 4.69) is 12.2 Å². The van der Waals surface area contributed by atoms with Gasteiger partial charge in [-0.3, -0.25) is 0 Å². The maximum atomic E-state index is 9.82. The highest BCUT2D eigenvalue weighted by Gasteiger charge is 2.36. The number of nitriles is 1. The fourth-order valence-corrected chi connectivity index (χ4v) is 2.62. The Balaban J connectivity index is 2.32. The molecule has 0 fully saturated rings. The van der Waals surface area contributed by atoms with E-state index in [1.165, 1.54) is 0 Å². The van der Waals surface area contributed by atoms with Crippen LogP contribution in [0.5, 0.6) is 11.5 Å². The SMILES string of the molecule is N#Cc1cc2c(c(O)c1O)C1C=CC2C1. The molecule has 2 N–H and O–H groups in total. The van der Waals surface area contributed by atoms with Crippen molar-refractivity contribution in [2.24, 2.45) is 0 Å². The summed E-state index contributed by atoms with van der Waals surface area (Å²) in [5, 5.41) is 28.2. The van der Waals surface area contributed by atoms with Crippen molar-refractivity contribution in [2.45, 2.75) is 18.3 Å². The monoisotopic (exact) mass is 199 g/mol. The predicted octanol–water partition coefficient (Wildman–Crippen LogP) is 2.11. The zero-order valence-electron chi connectivity index (χ0n) is 7.94. The van der Waals surface area contributed by atoms with E-state index < -0.39 is 0 Å². The molecule has 15 heavy (non-hydrogen) atoms. The van der Waals surface area contributed by atoms with Crippen LogP contribution in [0.3, 0.4) is 0 Å². The standard InChI is InChI=1S/C12H9NO2/c13-5-8-4-9-6-1-2-7(3-6)10(9)12(15)11(8)14/h1-2,4,6-7,14-15H,3H2. The molecule has 0 amide bonds. The first kappa shape index (κ1) is 8.37. The second-order valence-electron chi connectivity index (χ2n) is 4.07. The van der Waals surface area contributed by atoms with Gasteiger partial charge in [-0.2, -0.15) is 5.26 Å². The summed E-state index contributed by atoms with van der Waals surface area (Å²) in [5.74, 6) is 0.130. The molecule has 2 aliphatic rings. The van der Waals surface area contributed by atoms with Crippen LogP contribution in [0.25, 0.3) is 0 Å². The maximum absolute atomic E-state index is 9.82. The summed E-state index contributed by atoms with van der Waals surface area (Å²) in [6.45, 7) is 0. The zero-order valence-corrected chi connectivity index (χ0v) is 7.94. The molecule has 74 valence electrons. The number of phenols is 2. The van der Waals surface area contributed by atoms with Crippen molar-refractivity contribution in [1.29, 1.82) is 5.26 Å². The second-order valence-corrected chi connectivity index (χ2v) is 4.07. The Morgan fingerprint density at radius 3 is 2.67 bits per heavy atom. The highest BCUT2D eigenvalue weighted by atomic mass is 16.3. The van der Waals surface area contributed by atoms with Crippen molar-refractivity contribution in [3.63, 3.8) is 0 Å². The van der Waals surface area contributed by atoms with Gasteiger partial charge in [-0.05, 0) is 18.1 Å². The second kappa shape index (κ2) is 2.54. The molecular weight excluding hydrogens is 190 g/mol. The predicted molar refractivity (Wildman–Crippen MR) is 53.7 cm³/mol.